The molecule has 0 aromatic heterocycles. The van der Waals surface area contributed by atoms with Crippen molar-refractivity contribution in [3.63, 3.8) is 0 Å². The summed E-state index contributed by atoms with van der Waals surface area (Å²) in [5.41, 5.74) is 0.800. The maximum Gasteiger partial charge on any atom is 0.290 e. The summed E-state index contributed by atoms with van der Waals surface area (Å²) in [6.07, 6.45) is 9.48. The summed E-state index contributed by atoms with van der Waals surface area (Å²) in [7, 11) is 0. The first-order chi connectivity index (χ1) is 6.65. The molecule has 1 N–H and O–H groups in total. The molecule has 4 aliphatic carbocycles. The van der Waals surface area contributed by atoms with Crippen LogP contribution < -0.4 is 0 Å². The molecule has 4 rings (SSSR count). The van der Waals surface area contributed by atoms with E-state index in [1.54, 1.807) is 38.5 Å². The highest BCUT2D eigenvalue weighted by atomic mass is 16.3. The van der Waals surface area contributed by atoms with Gasteiger partial charge in [0.15, 0.2) is 0 Å². The Labute approximate surface area is 85.7 Å². The second-order valence-electron chi connectivity index (χ2n) is 5.83. The van der Waals surface area contributed by atoms with Crippen molar-refractivity contribution in [1.82, 2.24) is 0 Å². The lowest BCUT2D eigenvalue weighted by atomic mass is 9.50. The quantitative estimate of drug-likeness (QED) is 0.605. The first-order valence-corrected chi connectivity index (χ1v) is 5.73. The van der Waals surface area contributed by atoms with Crippen LogP contribution in [0.15, 0.2) is 0 Å². The lowest BCUT2D eigenvalue weighted by molar-refractivity contribution is -0.122. The maximum absolute atomic E-state index is 8.36. The number of carbonyl (C=O) groups is 1. The van der Waals surface area contributed by atoms with E-state index in [2.05, 4.69) is 6.92 Å². The van der Waals surface area contributed by atoms with Gasteiger partial charge >= 0.3 is 0 Å². The maximum atomic E-state index is 8.36. The van der Waals surface area contributed by atoms with Gasteiger partial charge in [0.05, 0.1) is 0 Å². The fourth-order valence-electron chi connectivity index (χ4n) is 4.54. The largest absolute Gasteiger partial charge is 0.483 e. The topological polar surface area (TPSA) is 37.3 Å². The number of carboxylic acid groups (broad SMARTS) is 1. The van der Waals surface area contributed by atoms with E-state index in [4.69, 9.17) is 9.90 Å². The van der Waals surface area contributed by atoms with Gasteiger partial charge in [0.1, 0.15) is 0 Å². The van der Waals surface area contributed by atoms with Crippen molar-refractivity contribution in [3.05, 3.63) is 0 Å². The molecule has 4 fully saturated rings. The molecule has 2 heteroatoms. The van der Waals surface area contributed by atoms with Crippen molar-refractivity contribution in [2.24, 2.45) is 23.2 Å². The molecular formula is C12H20O2. The third kappa shape index (κ3) is 1.79. The van der Waals surface area contributed by atoms with Crippen molar-refractivity contribution < 1.29 is 9.90 Å². The Morgan fingerprint density at radius 1 is 1.07 bits per heavy atom. The van der Waals surface area contributed by atoms with Gasteiger partial charge in [-0.2, -0.15) is 0 Å². The predicted octanol–water partition coefficient (Wildman–Crippen LogP) is 2.92. The Balaban J connectivity index is 0.000000226. The predicted molar refractivity (Wildman–Crippen MR) is 55.0 cm³/mol. The summed E-state index contributed by atoms with van der Waals surface area (Å²) in [6.45, 7) is 2.29. The molecule has 0 atom stereocenters. The molecular weight excluding hydrogens is 176 g/mol. The van der Waals surface area contributed by atoms with Gasteiger partial charge in [-0.3, -0.25) is 4.79 Å². The molecule has 0 saturated heterocycles. The fraction of sp³-hybridized carbons (Fsp3) is 0.917. The van der Waals surface area contributed by atoms with Crippen molar-refractivity contribution in [1.29, 1.82) is 0 Å². The molecule has 0 aromatic carbocycles. The highest BCUT2D eigenvalue weighted by Gasteiger charge is 2.48. The van der Waals surface area contributed by atoms with Crippen LogP contribution >= 0.6 is 0 Å². The van der Waals surface area contributed by atoms with Crippen LogP contribution in [0, 0.1) is 23.2 Å². The lowest BCUT2D eigenvalue weighted by Crippen LogP contribution is -2.44. The molecule has 4 saturated carbocycles. The van der Waals surface area contributed by atoms with Crippen LogP contribution in [-0.2, 0) is 4.79 Å². The standard InChI is InChI=1S/C11H18.CH2O2/c1-11-5-8-2-9(6-11)4-10(3-8)7-11;2-1-3/h8-10H,2-7H2,1H3;1H,(H,2,3). The van der Waals surface area contributed by atoms with Crippen molar-refractivity contribution in [2.45, 2.75) is 45.4 Å². The van der Waals surface area contributed by atoms with E-state index in [1.807, 2.05) is 0 Å². The SMILES string of the molecule is CC12CC3CC(CC(C3)C1)C2.O=CO. The zero-order valence-corrected chi connectivity index (χ0v) is 8.91. The molecule has 0 aliphatic heterocycles. The van der Waals surface area contributed by atoms with Crippen LogP contribution in [0.2, 0.25) is 0 Å². The average molecular weight is 196 g/mol. The average Bonchev–Trinajstić information content (AvgIpc) is 1.99. The van der Waals surface area contributed by atoms with Crippen LogP contribution in [0.1, 0.15) is 45.4 Å². The fourth-order valence-corrected chi connectivity index (χ4v) is 4.54. The van der Waals surface area contributed by atoms with E-state index in [0.717, 1.165) is 23.2 Å². The highest BCUT2D eigenvalue weighted by Crippen LogP contribution is 2.59. The van der Waals surface area contributed by atoms with Gasteiger partial charge in [-0.15, -0.1) is 0 Å². The molecule has 0 aromatic rings. The molecule has 14 heavy (non-hydrogen) atoms. The number of hydrogen-bond donors (Lipinski definition) is 1. The van der Waals surface area contributed by atoms with Gasteiger partial charge in [0.25, 0.3) is 6.47 Å². The lowest BCUT2D eigenvalue weighted by Gasteiger charge is -2.55. The van der Waals surface area contributed by atoms with Gasteiger partial charge in [0, 0.05) is 0 Å². The summed E-state index contributed by atoms with van der Waals surface area (Å²) < 4.78 is 0. The van der Waals surface area contributed by atoms with E-state index in [-0.39, 0.29) is 6.47 Å². The molecule has 0 spiro atoms. The first-order valence-electron chi connectivity index (χ1n) is 5.73. The zero-order chi connectivity index (χ0) is 10.2. The Hall–Kier alpha value is -0.530. The molecule has 4 bridgehead atoms. The molecule has 0 amide bonds. The van der Waals surface area contributed by atoms with Gasteiger partial charge in [-0.05, 0) is 61.7 Å². The molecule has 0 unspecified atom stereocenters. The van der Waals surface area contributed by atoms with Gasteiger partial charge in [0.2, 0.25) is 0 Å². The second kappa shape index (κ2) is 3.56. The van der Waals surface area contributed by atoms with Crippen molar-refractivity contribution >= 4 is 6.47 Å². The molecule has 0 heterocycles. The van der Waals surface area contributed by atoms with Crippen LogP contribution in [-0.4, -0.2) is 11.6 Å². The van der Waals surface area contributed by atoms with Gasteiger partial charge in [-0.25, -0.2) is 0 Å². The highest BCUT2D eigenvalue weighted by molar-refractivity contribution is 5.32. The third-order valence-corrected chi connectivity index (χ3v) is 4.34. The number of rotatable bonds is 0. The monoisotopic (exact) mass is 196 g/mol. The summed E-state index contributed by atoms with van der Waals surface area (Å²) in [6, 6.07) is 0. The minimum atomic E-state index is -0.250. The molecule has 2 nitrogen and oxygen atoms in total. The Morgan fingerprint density at radius 2 is 1.36 bits per heavy atom. The first kappa shape index (κ1) is 10.0. The molecule has 4 aliphatic rings. The summed E-state index contributed by atoms with van der Waals surface area (Å²) in [5.74, 6) is 3.43. The van der Waals surface area contributed by atoms with E-state index < -0.39 is 0 Å². The van der Waals surface area contributed by atoms with Crippen LogP contribution in [0.4, 0.5) is 0 Å². The second-order valence-corrected chi connectivity index (χ2v) is 5.83. The van der Waals surface area contributed by atoms with Gasteiger partial charge in [-0.1, -0.05) is 6.92 Å². The van der Waals surface area contributed by atoms with E-state index in [1.165, 1.54) is 0 Å². The minimum Gasteiger partial charge on any atom is -0.483 e. The summed E-state index contributed by atoms with van der Waals surface area (Å²) >= 11 is 0. The van der Waals surface area contributed by atoms with Crippen molar-refractivity contribution in [3.8, 4) is 0 Å². The molecule has 80 valence electrons. The Kier molecular flexibility index (Phi) is 2.54. The van der Waals surface area contributed by atoms with Gasteiger partial charge < -0.3 is 5.11 Å². The van der Waals surface area contributed by atoms with Crippen LogP contribution in [0.5, 0.6) is 0 Å². The molecule has 0 radical (unpaired) electrons. The van der Waals surface area contributed by atoms with E-state index in [9.17, 15) is 0 Å². The van der Waals surface area contributed by atoms with Crippen LogP contribution in [0.25, 0.3) is 0 Å². The van der Waals surface area contributed by atoms with E-state index in [0.29, 0.717) is 0 Å². The van der Waals surface area contributed by atoms with E-state index >= 15 is 0 Å². The van der Waals surface area contributed by atoms with Crippen LogP contribution in [0.3, 0.4) is 0 Å². The Morgan fingerprint density at radius 3 is 1.57 bits per heavy atom. The normalized spacial score (nSPS) is 48.2. The Bertz CT molecular complexity index is 187. The zero-order valence-electron chi connectivity index (χ0n) is 8.91. The summed E-state index contributed by atoms with van der Waals surface area (Å²) in [5, 5.41) is 6.89. The third-order valence-electron chi connectivity index (χ3n) is 4.34. The summed E-state index contributed by atoms with van der Waals surface area (Å²) in [4.78, 5) is 8.36. The minimum absolute atomic E-state index is 0.250. The smallest absolute Gasteiger partial charge is 0.290 e. The number of hydrogen-bond acceptors (Lipinski definition) is 1. The van der Waals surface area contributed by atoms with Crippen molar-refractivity contribution in [2.75, 3.05) is 0 Å².